The van der Waals surface area contributed by atoms with Gasteiger partial charge in [-0.05, 0) is 76.8 Å². The summed E-state index contributed by atoms with van der Waals surface area (Å²) >= 11 is 0. The van der Waals surface area contributed by atoms with Crippen LogP contribution in [0.15, 0.2) is 176 Å². The van der Waals surface area contributed by atoms with Crippen molar-refractivity contribution in [2.24, 2.45) is 0 Å². The van der Waals surface area contributed by atoms with E-state index in [0.717, 1.165) is 28.1 Å². The number of fused-ring (bicyclic) bond motifs is 12. The third kappa shape index (κ3) is 3.83. The molecular weight excluding hydrogens is 607 g/mol. The molecule has 0 saturated heterocycles. The Kier molecular flexibility index (Phi) is 5.67. The maximum Gasteiger partial charge on any atom is 0.0794 e. The van der Waals surface area contributed by atoms with Crippen molar-refractivity contribution in [2.75, 3.05) is 0 Å². The summed E-state index contributed by atoms with van der Waals surface area (Å²) in [6, 6.07) is 63.6. The molecule has 3 aromatic heterocycles. The Bertz CT molecular complexity index is 3070. The predicted molar refractivity (Wildman–Crippen MR) is 211 cm³/mol. The Hall–Kier alpha value is -6.71. The van der Waals surface area contributed by atoms with Gasteiger partial charge in [0.05, 0.1) is 33.3 Å². The van der Waals surface area contributed by atoms with Crippen LogP contribution in [0.2, 0.25) is 0 Å². The molecule has 232 valence electrons. The summed E-state index contributed by atoms with van der Waals surface area (Å²) in [5, 5.41) is 11.1. The Morgan fingerprint density at radius 2 is 0.760 bits per heavy atom. The van der Waals surface area contributed by atoms with Crippen LogP contribution in [0.3, 0.4) is 0 Å². The fourth-order valence-corrected chi connectivity index (χ4v) is 8.30. The quantitative estimate of drug-likeness (QED) is 0.177. The molecule has 8 aromatic carbocycles. The molecule has 3 heteroatoms. The normalized spacial score (nSPS) is 12.0. The lowest BCUT2D eigenvalue weighted by molar-refractivity contribution is 1.16. The van der Waals surface area contributed by atoms with Crippen molar-refractivity contribution in [3.8, 4) is 22.6 Å². The van der Waals surface area contributed by atoms with E-state index in [2.05, 4.69) is 185 Å². The first-order valence-electron chi connectivity index (χ1n) is 17.1. The molecule has 0 atom stereocenters. The van der Waals surface area contributed by atoms with Crippen molar-refractivity contribution in [1.82, 2.24) is 14.1 Å². The molecule has 0 fully saturated rings. The highest BCUT2D eigenvalue weighted by molar-refractivity contribution is 6.24. The number of nitrogens with zero attached hydrogens (tertiary/aromatic N) is 3. The summed E-state index contributed by atoms with van der Waals surface area (Å²) in [5.74, 6) is 0. The minimum absolute atomic E-state index is 0.967. The van der Waals surface area contributed by atoms with Gasteiger partial charge in [0.15, 0.2) is 0 Å². The number of hydrogen-bond donors (Lipinski definition) is 0. The van der Waals surface area contributed by atoms with E-state index in [1.807, 2.05) is 0 Å². The second-order valence-corrected chi connectivity index (χ2v) is 13.2. The number of benzene rings is 8. The van der Waals surface area contributed by atoms with Gasteiger partial charge in [0.2, 0.25) is 0 Å². The van der Waals surface area contributed by atoms with Gasteiger partial charge < -0.3 is 9.13 Å². The lowest BCUT2D eigenvalue weighted by Crippen LogP contribution is -1.96. The van der Waals surface area contributed by atoms with E-state index in [0.29, 0.717) is 0 Å². The Balaban J connectivity index is 1.11. The summed E-state index contributed by atoms with van der Waals surface area (Å²) in [5.41, 5.74) is 10.2. The zero-order chi connectivity index (χ0) is 32.8. The maximum atomic E-state index is 5.35. The van der Waals surface area contributed by atoms with Crippen molar-refractivity contribution < 1.29 is 0 Å². The molecule has 0 aliphatic heterocycles. The minimum Gasteiger partial charge on any atom is -0.309 e. The Morgan fingerprint density at radius 3 is 1.38 bits per heavy atom. The summed E-state index contributed by atoms with van der Waals surface area (Å²) < 4.78 is 4.79. The van der Waals surface area contributed by atoms with E-state index >= 15 is 0 Å². The molecule has 0 N–H and O–H groups in total. The van der Waals surface area contributed by atoms with Crippen LogP contribution in [0.4, 0.5) is 0 Å². The van der Waals surface area contributed by atoms with Crippen molar-refractivity contribution in [3.05, 3.63) is 176 Å². The van der Waals surface area contributed by atoms with Crippen LogP contribution in [0, 0.1) is 0 Å². The smallest absolute Gasteiger partial charge is 0.0794 e. The van der Waals surface area contributed by atoms with Crippen LogP contribution in [0.5, 0.6) is 0 Å². The van der Waals surface area contributed by atoms with E-state index < -0.39 is 0 Å². The van der Waals surface area contributed by atoms with Gasteiger partial charge in [-0.25, -0.2) is 4.98 Å². The molecule has 0 aliphatic carbocycles. The van der Waals surface area contributed by atoms with Crippen LogP contribution in [0.25, 0.3) is 98.7 Å². The summed E-state index contributed by atoms with van der Waals surface area (Å²) in [4.78, 5) is 5.35. The first-order chi connectivity index (χ1) is 24.8. The second-order valence-electron chi connectivity index (χ2n) is 13.2. The molecule has 50 heavy (non-hydrogen) atoms. The van der Waals surface area contributed by atoms with Gasteiger partial charge in [-0.2, -0.15) is 0 Å². The lowest BCUT2D eigenvalue weighted by atomic mass is 9.96. The molecule has 3 heterocycles. The van der Waals surface area contributed by atoms with E-state index in [4.69, 9.17) is 4.98 Å². The van der Waals surface area contributed by atoms with E-state index in [9.17, 15) is 0 Å². The van der Waals surface area contributed by atoms with Gasteiger partial charge in [-0.15, -0.1) is 0 Å². The molecule has 0 spiro atoms. The fraction of sp³-hybridized carbons (Fsp3) is 0. The van der Waals surface area contributed by atoms with Gasteiger partial charge in [0, 0.05) is 49.3 Å². The van der Waals surface area contributed by atoms with Gasteiger partial charge >= 0.3 is 0 Å². The third-order valence-corrected chi connectivity index (χ3v) is 10.5. The molecule has 3 nitrogen and oxygen atoms in total. The number of hydrogen-bond acceptors (Lipinski definition) is 1. The molecule has 11 rings (SSSR count). The molecule has 0 unspecified atom stereocenters. The third-order valence-electron chi connectivity index (χ3n) is 10.5. The number of pyridine rings is 1. The molecule has 0 amide bonds. The van der Waals surface area contributed by atoms with Crippen molar-refractivity contribution >= 4 is 76.1 Å². The predicted octanol–water partition coefficient (Wildman–Crippen LogP) is 12.4. The number of para-hydroxylation sites is 3. The Morgan fingerprint density at radius 1 is 0.300 bits per heavy atom. The number of rotatable bonds is 3. The molecule has 11 aromatic rings. The van der Waals surface area contributed by atoms with Crippen molar-refractivity contribution in [1.29, 1.82) is 0 Å². The van der Waals surface area contributed by atoms with Crippen molar-refractivity contribution in [3.63, 3.8) is 0 Å². The van der Waals surface area contributed by atoms with Crippen LogP contribution in [-0.2, 0) is 0 Å². The monoisotopic (exact) mass is 635 g/mol. The highest BCUT2D eigenvalue weighted by Crippen LogP contribution is 2.39. The highest BCUT2D eigenvalue weighted by Gasteiger charge is 2.17. The highest BCUT2D eigenvalue weighted by atomic mass is 15.0. The summed E-state index contributed by atoms with van der Waals surface area (Å²) in [6.07, 6.45) is 0. The van der Waals surface area contributed by atoms with Crippen LogP contribution >= 0.6 is 0 Å². The minimum atomic E-state index is 0.967. The van der Waals surface area contributed by atoms with Crippen LogP contribution < -0.4 is 0 Å². The van der Waals surface area contributed by atoms with Gasteiger partial charge in [0.1, 0.15) is 0 Å². The zero-order valence-corrected chi connectivity index (χ0v) is 27.1. The largest absolute Gasteiger partial charge is 0.309 e. The molecular formula is C47H29N3. The van der Waals surface area contributed by atoms with E-state index in [-0.39, 0.29) is 0 Å². The van der Waals surface area contributed by atoms with E-state index in [1.165, 1.54) is 70.5 Å². The molecule has 0 bridgehead atoms. The lowest BCUT2D eigenvalue weighted by Gasteiger charge is -2.13. The fourth-order valence-electron chi connectivity index (χ4n) is 8.30. The first-order valence-corrected chi connectivity index (χ1v) is 17.1. The standard InChI is InChI=1S/C47H29N3/c1-2-16-35-33(14-1)34-15-3-4-20-39(34)47-40(35)25-26-42(48-47)30-12-11-13-31(28-30)49-45-23-10-7-19-38(45)41-29-32(24-27-46(41)49)50-43-21-8-5-17-36(43)37-18-6-9-22-44(37)50/h1-29H. The average Bonchev–Trinajstić information content (AvgIpc) is 3.70. The Labute approximate surface area is 287 Å². The zero-order valence-electron chi connectivity index (χ0n) is 27.1. The SMILES string of the molecule is c1cc(-c2ccc3c4ccccc4c4ccccc4c3n2)cc(-n2c3ccccc3c3cc(-n4c5ccccc5c5ccccc54)ccc32)c1. The first kappa shape index (κ1) is 27.3. The van der Waals surface area contributed by atoms with E-state index in [1.54, 1.807) is 0 Å². The summed E-state index contributed by atoms with van der Waals surface area (Å²) in [7, 11) is 0. The topological polar surface area (TPSA) is 22.8 Å². The maximum absolute atomic E-state index is 5.35. The second kappa shape index (κ2) is 10.4. The summed E-state index contributed by atoms with van der Waals surface area (Å²) in [6.45, 7) is 0. The molecule has 0 aliphatic rings. The van der Waals surface area contributed by atoms with Crippen LogP contribution in [-0.4, -0.2) is 14.1 Å². The van der Waals surface area contributed by atoms with Crippen molar-refractivity contribution in [2.45, 2.75) is 0 Å². The van der Waals surface area contributed by atoms with Gasteiger partial charge in [-0.3, -0.25) is 0 Å². The van der Waals surface area contributed by atoms with Gasteiger partial charge in [0.25, 0.3) is 0 Å². The molecule has 0 radical (unpaired) electrons. The number of aromatic nitrogens is 3. The van der Waals surface area contributed by atoms with Crippen LogP contribution in [0.1, 0.15) is 0 Å². The average molecular weight is 636 g/mol. The van der Waals surface area contributed by atoms with Gasteiger partial charge in [-0.1, -0.05) is 115 Å². The molecule has 0 saturated carbocycles.